The zero-order valence-electron chi connectivity index (χ0n) is 27.2. The Hall–Kier alpha value is -3.63. The average molecular weight is 804 g/mol. The summed E-state index contributed by atoms with van der Waals surface area (Å²) in [6.45, 7) is 14.1. The van der Waals surface area contributed by atoms with E-state index in [0.717, 1.165) is 22.9 Å². The molecule has 0 aliphatic rings. The van der Waals surface area contributed by atoms with Gasteiger partial charge in [0, 0.05) is 40.4 Å². The van der Waals surface area contributed by atoms with Gasteiger partial charge in [-0.1, -0.05) is 126 Å². The van der Waals surface area contributed by atoms with Gasteiger partial charge in [0.2, 0.25) is 0 Å². The van der Waals surface area contributed by atoms with Crippen LogP contribution in [0.3, 0.4) is 0 Å². The van der Waals surface area contributed by atoms with Crippen LogP contribution in [0, 0.1) is 35.4 Å². The second-order valence-corrected chi connectivity index (χ2v) is 13.9. The Labute approximate surface area is 283 Å². The summed E-state index contributed by atoms with van der Waals surface area (Å²) in [5.41, 5.74) is -0.0442. The Morgan fingerprint density at radius 1 is 0.630 bits per heavy atom. The fourth-order valence-electron chi connectivity index (χ4n) is 5.68. The zero-order chi connectivity index (χ0) is 32.9. The van der Waals surface area contributed by atoms with E-state index in [9.17, 15) is 4.39 Å². The van der Waals surface area contributed by atoms with Gasteiger partial charge in [-0.2, -0.15) is 0 Å². The van der Waals surface area contributed by atoms with Gasteiger partial charge in [-0.25, -0.2) is 0 Å². The van der Waals surface area contributed by atoms with Crippen molar-refractivity contribution in [3.8, 4) is 33.8 Å². The van der Waals surface area contributed by atoms with Gasteiger partial charge in [-0.3, -0.25) is 22.5 Å². The maximum atomic E-state index is 16.5. The number of hydrogen-bond donors (Lipinski definition) is 0. The van der Waals surface area contributed by atoms with Crippen molar-refractivity contribution >= 4 is 0 Å². The van der Waals surface area contributed by atoms with Crippen LogP contribution in [-0.4, -0.2) is 9.97 Å². The zero-order valence-corrected chi connectivity index (χ0v) is 29.4. The molecule has 0 aliphatic carbocycles. The van der Waals surface area contributed by atoms with Crippen molar-refractivity contribution in [3.63, 3.8) is 0 Å². The number of benzene rings is 3. The summed E-state index contributed by atoms with van der Waals surface area (Å²) < 4.78 is 63.3. The van der Waals surface area contributed by atoms with Crippen molar-refractivity contribution in [2.75, 3.05) is 0 Å². The van der Waals surface area contributed by atoms with Crippen LogP contribution >= 0.6 is 0 Å². The smallest absolute Gasteiger partial charge is 0.345 e. The third kappa shape index (κ3) is 6.60. The molecule has 0 amide bonds. The van der Waals surface area contributed by atoms with Gasteiger partial charge in [0.05, 0.1) is 5.69 Å². The minimum absolute atomic E-state index is 0. The fourth-order valence-corrected chi connectivity index (χ4v) is 5.68. The predicted octanol–water partition coefficient (Wildman–Crippen LogP) is 10.6. The number of nitrogens with zero attached hydrogens (tertiary/aromatic N) is 2. The molecule has 0 spiro atoms. The van der Waals surface area contributed by atoms with Crippen LogP contribution in [0.25, 0.3) is 33.8 Å². The van der Waals surface area contributed by atoms with Gasteiger partial charge in [-0.15, -0.1) is 18.2 Å². The van der Waals surface area contributed by atoms with Crippen molar-refractivity contribution in [1.29, 1.82) is 0 Å². The number of hydrogen-bond acceptors (Lipinski definition) is 2. The number of rotatable bonds is 5. The third-order valence-corrected chi connectivity index (χ3v) is 8.08. The van der Waals surface area contributed by atoms with Crippen molar-refractivity contribution in [3.05, 3.63) is 131 Å². The summed E-state index contributed by atoms with van der Waals surface area (Å²) in [5, 5.41) is 0. The summed E-state index contributed by atoms with van der Waals surface area (Å²) in [6.07, 6.45) is 1.71. The largest absolute Gasteiger partial charge is 2.00 e. The normalized spacial score (nSPS) is 12.2. The van der Waals surface area contributed by atoms with Gasteiger partial charge in [-0.05, 0) is 46.0 Å². The molecule has 5 rings (SSSR count). The molecule has 46 heavy (non-hydrogen) atoms. The van der Waals surface area contributed by atoms with E-state index < -0.39 is 39.5 Å². The van der Waals surface area contributed by atoms with E-state index in [0.29, 0.717) is 0 Å². The summed E-state index contributed by atoms with van der Waals surface area (Å²) in [7, 11) is 0. The van der Waals surface area contributed by atoms with Gasteiger partial charge < -0.3 is 4.98 Å². The molecule has 0 unspecified atom stereocenters. The maximum Gasteiger partial charge on any atom is 2.00 e. The predicted molar refractivity (Wildman–Crippen MR) is 172 cm³/mol. The van der Waals surface area contributed by atoms with E-state index in [-0.39, 0.29) is 60.3 Å². The van der Waals surface area contributed by atoms with E-state index in [1.165, 1.54) is 0 Å². The first-order valence-corrected chi connectivity index (χ1v) is 14.9. The van der Waals surface area contributed by atoms with Crippen LogP contribution in [-0.2, 0) is 37.3 Å². The van der Waals surface area contributed by atoms with E-state index >= 15 is 13.2 Å². The van der Waals surface area contributed by atoms with Crippen molar-refractivity contribution in [1.82, 2.24) is 9.97 Å². The number of pyridine rings is 2. The molecule has 0 saturated carbocycles. The Kier molecular flexibility index (Phi) is 9.86. The maximum absolute atomic E-state index is 16.5. The van der Waals surface area contributed by atoms with Gasteiger partial charge in [0.25, 0.3) is 0 Å². The molecule has 5 aromatic rings. The van der Waals surface area contributed by atoms with Gasteiger partial charge in [0.1, 0.15) is 0 Å². The third-order valence-electron chi connectivity index (χ3n) is 8.08. The van der Waals surface area contributed by atoms with Crippen molar-refractivity contribution in [2.24, 2.45) is 0 Å². The Bertz CT molecular complexity index is 1890. The Balaban J connectivity index is 0.00000480. The quantitative estimate of drug-likeness (QED) is 0.131. The molecule has 0 atom stereocenters. The molecule has 2 heterocycles. The minimum Gasteiger partial charge on any atom is -0.345 e. The molecule has 2 nitrogen and oxygen atoms in total. The van der Waals surface area contributed by atoms with E-state index in [1.54, 1.807) is 65.9 Å². The monoisotopic (exact) mass is 803 g/mol. The number of halogens is 4. The van der Waals surface area contributed by atoms with Crippen molar-refractivity contribution in [2.45, 2.75) is 71.6 Å². The van der Waals surface area contributed by atoms with Gasteiger partial charge in [0.15, 0.2) is 0 Å². The van der Waals surface area contributed by atoms with Crippen molar-refractivity contribution < 1.29 is 38.6 Å². The molecule has 0 radical (unpaired) electrons. The average Bonchev–Trinajstić information content (AvgIpc) is 2.96. The molecule has 0 fully saturated rings. The van der Waals surface area contributed by atoms with Crippen LogP contribution < -0.4 is 0 Å². The first-order chi connectivity index (χ1) is 21.0. The first kappa shape index (κ1) is 35.2. The Morgan fingerprint density at radius 2 is 1.22 bits per heavy atom. The molecule has 2 aromatic heterocycles. The SMILES string of the molecule is CC(C)(C)c1c(F)c[c-]c(-c2cccc(-c3[c-]c(C(C)(C)c4cccc(-c5ccccn5)c4)c(F)c(C(C)(C)C)c3F)n2)c1F.[Pt+2]. The standard InChI is InChI=1S/C39H36F4N2.Pt/c1-37(2,3)32-28(40)19-18-25(34(32)41)30-16-12-17-31(45-30)26-22-27(36(43)33(35(26)42)38(4,5)6)39(7,8)24-14-11-13-23(21-24)29-15-9-10-20-44-29;/h9-17,19-21H,1-8H3;/q-2;+2. The van der Waals surface area contributed by atoms with E-state index in [1.807, 2.05) is 56.3 Å². The van der Waals surface area contributed by atoms with Crippen LogP contribution in [0.4, 0.5) is 17.6 Å². The molecular formula is C39H36F4N2Pt. The van der Waals surface area contributed by atoms with E-state index in [2.05, 4.69) is 22.1 Å². The molecule has 0 aliphatic heterocycles. The second kappa shape index (κ2) is 12.9. The molecule has 3 aromatic carbocycles. The molecular weight excluding hydrogens is 768 g/mol. The summed E-state index contributed by atoms with van der Waals surface area (Å²) >= 11 is 0. The fraction of sp³-hybridized carbons (Fsp3) is 0.282. The molecule has 0 bridgehead atoms. The topological polar surface area (TPSA) is 25.8 Å². The first-order valence-electron chi connectivity index (χ1n) is 14.9. The minimum atomic E-state index is -0.951. The molecule has 240 valence electrons. The molecule has 0 N–H and O–H groups in total. The van der Waals surface area contributed by atoms with Crippen LogP contribution in [0.15, 0.2) is 72.9 Å². The van der Waals surface area contributed by atoms with Gasteiger partial charge >= 0.3 is 21.1 Å². The summed E-state index contributed by atoms with van der Waals surface area (Å²) in [4.78, 5) is 9.04. The van der Waals surface area contributed by atoms with Crippen LogP contribution in [0.2, 0.25) is 0 Å². The van der Waals surface area contributed by atoms with Crippen LogP contribution in [0.5, 0.6) is 0 Å². The summed E-state index contributed by atoms with van der Waals surface area (Å²) in [5.74, 6) is -2.95. The van der Waals surface area contributed by atoms with Crippen LogP contribution in [0.1, 0.15) is 77.6 Å². The number of aromatic nitrogens is 2. The Morgan fingerprint density at radius 3 is 1.83 bits per heavy atom. The molecule has 7 heteroatoms. The van der Waals surface area contributed by atoms with E-state index in [4.69, 9.17) is 0 Å². The summed E-state index contributed by atoms with van der Waals surface area (Å²) in [6, 6.07) is 24.9. The second-order valence-electron chi connectivity index (χ2n) is 13.9. The molecule has 0 saturated heterocycles.